The van der Waals surface area contributed by atoms with Crippen LogP contribution in [-0.2, 0) is 13.5 Å². The van der Waals surface area contributed by atoms with Gasteiger partial charge in [-0.1, -0.05) is 29.8 Å². The maximum Gasteiger partial charge on any atom is 0.170 e. The Balaban J connectivity index is 2.15. The molecule has 0 aliphatic heterocycles. The summed E-state index contributed by atoms with van der Waals surface area (Å²) in [4.78, 5) is 16.1. The predicted octanol–water partition coefficient (Wildman–Crippen LogP) is 2.15. The van der Waals surface area contributed by atoms with E-state index in [2.05, 4.69) is 4.98 Å². The number of Topliss-reactive ketones (excluding diaryl/α,β-unsaturated/α-hetero) is 1. The Hall–Kier alpha value is -1.90. The van der Waals surface area contributed by atoms with Gasteiger partial charge in [0.05, 0.1) is 6.42 Å². The molecule has 3 nitrogen and oxygen atoms in total. The van der Waals surface area contributed by atoms with Gasteiger partial charge in [-0.25, -0.2) is 4.98 Å². The van der Waals surface area contributed by atoms with E-state index < -0.39 is 0 Å². The van der Waals surface area contributed by atoms with Gasteiger partial charge in [0.25, 0.3) is 0 Å². The number of ketones is 1. The van der Waals surface area contributed by atoms with Gasteiger partial charge >= 0.3 is 0 Å². The molecular formula is C13H14N2O. The first-order valence-electron chi connectivity index (χ1n) is 5.23. The molecule has 0 unspecified atom stereocenters. The molecule has 1 heterocycles. The summed E-state index contributed by atoms with van der Waals surface area (Å²) >= 11 is 0. The van der Waals surface area contributed by atoms with Crippen molar-refractivity contribution in [3.8, 4) is 0 Å². The highest BCUT2D eigenvalue weighted by atomic mass is 16.1. The fourth-order valence-electron chi connectivity index (χ4n) is 1.55. The van der Waals surface area contributed by atoms with Crippen LogP contribution in [0.2, 0.25) is 0 Å². The number of carbonyl (C=O) groups excluding carboxylic acids is 1. The van der Waals surface area contributed by atoms with Crippen molar-refractivity contribution < 1.29 is 4.79 Å². The van der Waals surface area contributed by atoms with Crippen LogP contribution in [0.15, 0.2) is 36.7 Å². The van der Waals surface area contributed by atoms with Crippen LogP contribution in [-0.4, -0.2) is 15.3 Å². The van der Waals surface area contributed by atoms with E-state index in [1.165, 1.54) is 0 Å². The second-order valence-electron chi connectivity index (χ2n) is 3.92. The lowest BCUT2D eigenvalue weighted by Crippen LogP contribution is -2.08. The lowest BCUT2D eigenvalue weighted by molar-refractivity contribution is 0.0990. The highest BCUT2D eigenvalue weighted by Gasteiger charge is 2.09. The third kappa shape index (κ3) is 2.19. The number of hydrogen-bond acceptors (Lipinski definition) is 2. The van der Waals surface area contributed by atoms with Crippen molar-refractivity contribution in [1.29, 1.82) is 0 Å². The van der Waals surface area contributed by atoms with Gasteiger partial charge in [-0.15, -0.1) is 0 Å². The van der Waals surface area contributed by atoms with Gasteiger partial charge < -0.3 is 4.57 Å². The Kier molecular flexibility index (Phi) is 2.86. The molecule has 0 aliphatic rings. The molecule has 0 bridgehead atoms. The minimum Gasteiger partial charge on any atom is -0.338 e. The number of aromatic nitrogens is 2. The fourth-order valence-corrected chi connectivity index (χ4v) is 1.55. The summed E-state index contributed by atoms with van der Waals surface area (Å²) < 4.78 is 1.87. The first-order valence-corrected chi connectivity index (χ1v) is 5.23. The van der Waals surface area contributed by atoms with Crippen LogP contribution in [0.4, 0.5) is 0 Å². The molecule has 1 aromatic heterocycles. The van der Waals surface area contributed by atoms with E-state index in [1.54, 1.807) is 6.20 Å². The maximum atomic E-state index is 11.9. The average molecular weight is 214 g/mol. The van der Waals surface area contributed by atoms with Crippen molar-refractivity contribution in [1.82, 2.24) is 9.55 Å². The van der Waals surface area contributed by atoms with Gasteiger partial charge in [0.1, 0.15) is 5.82 Å². The third-order valence-corrected chi connectivity index (χ3v) is 2.61. The summed E-state index contributed by atoms with van der Waals surface area (Å²) in [7, 11) is 1.89. The number of benzene rings is 1. The summed E-state index contributed by atoms with van der Waals surface area (Å²) in [5.74, 6) is 0.903. The van der Waals surface area contributed by atoms with Crippen LogP contribution in [0.25, 0.3) is 0 Å². The summed E-state index contributed by atoms with van der Waals surface area (Å²) in [5.41, 5.74) is 1.90. The van der Waals surface area contributed by atoms with Crippen LogP contribution in [0, 0.1) is 6.92 Å². The lowest BCUT2D eigenvalue weighted by atomic mass is 10.1. The van der Waals surface area contributed by atoms with E-state index in [0.29, 0.717) is 6.42 Å². The quantitative estimate of drug-likeness (QED) is 0.734. The largest absolute Gasteiger partial charge is 0.338 e. The molecule has 0 atom stereocenters. The molecule has 0 fully saturated rings. The van der Waals surface area contributed by atoms with Crippen LogP contribution in [0.3, 0.4) is 0 Å². The summed E-state index contributed by atoms with van der Waals surface area (Å²) in [6.45, 7) is 2.01. The molecule has 0 spiro atoms. The van der Waals surface area contributed by atoms with Gasteiger partial charge in [0, 0.05) is 25.0 Å². The molecule has 2 aromatic rings. The van der Waals surface area contributed by atoms with Crippen molar-refractivity contribution in [2.45, 2.75) is 13.3 Å². The van der Waals surface area contributed by atoms with Crippen molar-refractivity contribution >= 4 is 5.78 Å². The Morgan fingerprint density at radius 3 is 2.56 bits per heavy atom. The highest BCUT2D eigenvalue weighted by molar-refractivity contribution is 5.97. The van der Waals surface area contributed by atoms with Gasteiger partial charge in [0.2, 0.25) is 0 Å². The molecule has 0 amide bonds. The normalized spacial score (nSPS) is 10.4. The smallest absolute Gasteiger partial charge is 0.170 e. The first kappa shape index (κ1) is 10.6. The van der Waals surface area contributed by atoms with Crippen molar-refractivity contribution in [3.05, 3.63) is 53.6 Å². The molecule has 0 N–H and O–H groups in total. The van der Waals surface area contributed by atoms with Crippen molar-refractivity contribution in [2.75, 3.05) is 0 Å². The average Bonchev–Trinajstić information content (AvgIpc) is 2.65. The Bertz CT molecular complexity index is 497. The van der Waals surface area contributed by atoms with Crippen molar-refractivity contribution in [2.24, 2.45) is 7.05 Å². The fraction of sp³-hybridized carbons (Fsp3) is 0.231. The molecule has 16 heavy (non-hydrogen) atoms. The van der Waals surface area contributed by atoms with Crippen LogP contribution in [0.1, 0.15) is 21.7 Å². The minimum absolute atomic E-state index is 0.106. The standard InChI is InChI=1S/C13H14N2O/c1-10-3-5-11(6-4-10)12(16)9-13-14-7-8-15(13)2/h3-8H,9H2,1-2H3. The lowest BCUT2D eigenvalue weighted by Gasteiger charge is -2.02. The number of nitrogens with zero attached hydrogens (tertiary/aromatic N) is 2. The number of hydrogen-bond donors (Lipinski definition) is 0. The zero-order valence-electron chi connectivity index (χ0n) is 9.47. The second kappa shape index (κ2) is 4.31. The van der Waals surface area contributed by atoms with Crippen LogP contribution >= 0.6 is 0 Å². The Labute approximate surface area is 94.7 Å². The summed E-state index contributed by atoms with van der Waals surface area (Å²) in [6, 6.07) is 7.62. The molecular weight excluding hydrogens is 200 g/mol. The van der Waals surface area contributed by atoms with E-state index in [-0.39, 0.29) is 5.78 Å². The monoisotopic (exact) mass is 214 g/mol. The van der Waals surface area contributed by atoms with E-state index >= 15 is 0 Å². The number of aryl methyl sites for hydroxylation is 2. The molecule has 2 rings (SSSR count). The molecule has 0 aliphatic carbocycles. The molecule has 0 saturated heterocycles. The highest BCUT2D eigenvalue weighted by Crippen LogP contribution is 2.07. The van der Waals surface area contributed by atoms with Crippen LogP contribution in [0.5, 0.6) is 0 Å². The van der Waals surface area contributed by atoms with E-state index in [1.807, 2.05) is 49.0 Å². The van der Waals surface area contributed by atoms with Crippen LogP contribution < -0.4 is 0 Å². The summed E-state index contributed by atoms with van der Waals surface area (Å²) in [6.07, 6.45) is 3.90. The molecule has 3 heteroatoms. The molecule has 1 aromatic carbocycles. The predicted molar refractivity (Wildman–Crippen MR) is 62.4 cm³/mol. The van der Waals surface area contributed by atoms with Crippen molar-refractivity contribution in [3.63, 3.8) is 0 Å². The first-order chi connectivity index (χ1) is 7.66. The zero-order valence-corrected chi connectivity index (χ0v) is 9.47. The Morgan fingerprint density at radius 2 is 2.00 bits per heavy atom. The van der Waals surface area contributed by atoms with E-state index in [4.69, 9.17) is 0 Å². The zero-order chi connectivity index (χ0) is 11.5. The third-order valence-electron chi connectivity index (χ3n) is 2.61. The SMILES string of the molecule is Cc1ccc(C(=O)Cc2nccn2C)cc1. The maximum absolute atomic E-state index is 11.9. The molecule has 0 saturated carbocycles. The van der Waals surface area contributed by atoms with Gasteiger partial charge in [0.15, 0.2) is 5.78 Å². The number of imidazole rings is 1. The summed E-state index contributed by atoms with van der Waals surface area (Å²) in [5, 5.41) is 0. The van der Waals surface area contributed by atoms with Gasteiger partial charge in [-0.2, -0.15) is 0 Å². The van der Waals surface area contributed by atoms with Gasteiger partial charge in [-0.3, -0.25) is 4.79 Å². The topological polar surface area (TPSA) is 34.9 Å². The minimum atomic E-state index is 0.106. The number of carbonyl (C=O) groups is 1. The van der Waals surface area contributed by atoms with Gasteiger partial charge in [-0.05, 0) is 6.92 Å². The molecule has 82 valence electrons. The van der Waals surface area contributed by atoms with E-state index in [9.17, 15) is 4.79 Å². The Morgan fingerprint density at radius 1 is 1.31 bits per heavy atom. The second-order valence-corrected chi connectivity index (χ2v) is 3.92. The number of rotatable bonds is 3. The van der Waals surface area contributed by atoms with E-state index in [0.717, 1.165) is 17.0 Å². The molecule has 0 radical (unpaired) electrons.